The second kappa shape index (κ2) is 9.02. The number of rotatable bonds is 5. The van der Waals surface area contributed by atoms with Gasteiger partial charge in [0.1, 0.15) is 5.82 Å². The zero-order valence-corrected chi connectivity index (χ0v) is 15.4. The largest absolute Gasteiger partial charge is 0.357 e. The fourth-order valence-electron chi connectivity index (χ4n) is 2.95. The summed E-state index contributed by atoms with van der Waals surface area (Å²) in [5.41, 5.74) is 1.61. The van der Waals surface area contributed by atoms with Gasteiger partial charge in [-0.15, -0.1) is 0 Å². The standard InChI is InChI=1S/C19H31FN4/c1-5-21-19(22-13-16-8-10-24(4)11-9-16)23-15(3)17-7-6-14(2)18(20)12-17/h6-7,12,15-16H,5,8-11,13H2,1-4H3,(H2,21,22,23). The number of likely N-dealkylation sites (tertiary alicyclic amines) is 1. The number of hydrogen-bond donors (Lipinski definition) is 2. The van der Waals surface area contributed by atoms with E-state index >= 15 is 0 Å². The molecule has 1 atom stereocenters. The van der Waals surface area contributed by atoms with Crippen LogP contribution in [0.3, 0.4) is 0 Å². The van der Waals surface area contributed by atoms with Crippen molar-refractivity contribution in [2.75, 3.05) is 33.2 Å². The normalized spacial score (nSPS) is 18.5. The minimum absolute atomic E-state index is 0.00962. The molecule has 1 aromatic carbocycles. The summed E-state index contributed by atoms with van der Waals surface area (Å²) in [5.74, 6) is 1.31. The van der Waals surface area contributed by atoms with Crippen LogP contribution in [0.5, 0.6) is 0 Å². The molecule has 0 saturated carbocycles. The van der Waals surface area contributed by atoms with E-state index in [1.807, 2.05) is 19.1 Å². The summed E-state index contributed by atoms with van der Waals surface area (Å²) in [6, 6.07) is 5.41. The first-order valence-corrected chi connectivity index (χ1v) is 8.99. The molecule has 1 unspecified atom stereocenters. The maximum absolute atomic E-state index is 13.8. The predicted molar refractivity (Wildman–Crippen MR) is 98.9 cm³/mol. The number of nitrogens with one attached hydrogen (secondary N) is 2. The molecule has 0 bridgehead atoms. The molecule has 1 aliphatic heterocycles. The summed E-state index contributed by atoms with van der Waals surface area (Å²) in [6.45, 7) is 9.85. The quantitative estimate of drug-likeness (QED) is 0.642. The first-order valence-electron chi connectivity index (χ1n) is 8.99. The van der Waals surface area contributed by atoms with E-state index in [-0.39, 0.29) is 11.9 Å². The summed E-state index contributed by atoms with van der Waals surface area (Å²) < 4.78 is 13.8. The van der Waals surface area contributed by atoms with Crippen LogP contribution in [0.15, 0.2) is 23.2 Å². The number of aryl methyl sites for hydroxylation is 1. The van der Waals surface area contributed by atoms with Gasteiger partial charge < -0.3 is 15.5 Å². The van der Waals surface area contributed by atoms with Crippen molar-refractivity contribution in [3.63, 3.8) is 0 Å². The van der Waals surface area contributed by atoms with Gasteiger partial charge in [-0.3, -0.25) is 4.99 Å². The van der Waals surface area contributed by atoms with Gasteiger partial charge in [-0.25, -0.2) is 4.39 Å². The second-order valence-corrected chi connectivity index (χ2v) is 6.84. The molecular formula is C19H31FN4. The third-order valence-electron chi connectivity index (χ3n) is 4.74. The smallest absolute Gasteiger partial charge is 0.191 e. The average molecular weight is 334 g/mol. The topological polar surface area (TPSA) is 39.7 Å². The molecule has 0 spiro atoms. The van der Waals surface area contributed by atoms with Crippen LogP contribution in [-0.2, 0) is 0 Å². The maximum atomic E-state index is 13.8. The Morgan fingerprint density at radius 2 is 2.08 bits per heavy atom. The Bertz CT molecular complexity index is 550. The Labute approximate surface area is 145 Å². The molecule has 2 rings (SSSR count). The van der Waals surface area contributed by atoms with E-state index < -0.39 is 0 Å². The highest BCUT2D eigenvalue weighted by Crippen LogP contribution is 2.17. The number of aliphatic imine (C=N–C) groups is 1. The molecule has 134 valence electrons. The van der Waals surface area contributed by atoms with E-state index in [0.717, 1.165) is 37.7 Å². The van der Waals surface area contributed by atoms with Crippen LogP contribution in [-0.4, -0.2) is 44.1 Å². The highest BCUT2D eigenvalue weighted by Gasteiger charge is 2.16. The van der Waals surface area contributed by atoms with Crippen molar-refractivity contribution in [2.45, 2.75) is 39.7 Å². The lowest BCUT2D eigenvalue weighted by Crippen LogP contribution is -2.39. The lowest BCUT2D eigenvalue weighted by molar-refractivity contribution is 0.223. The summed E-state index contributed by atoms with van der Waals surface area (Å²) in [4.78, 5) is 7.12. The predicted octanol–water partition coefficient (Wildman–Crippen LogP) is 3.09. The van der Waals surface area contributed by atoms with Gasteiger partial charge in [0.25, 0.3) is 0 Å². The van der Waals surface area contributed by atoms with Gasteiger partial charge in [0.15, 0.2) is 5.96 Å². The molecule has 24 heavy (non-hydrogen) atoms. The van der Waals surface area contributed by atoms with Crippen molar-refractivity contribution >= 4 is 5.96 Å². The minimum Gasteiger partial charge on any atom is -0.357 e. The van der Waals surface area contributed by atoms with Crippen molar-refractivity contribution in [1.82, 2.24) is 15.5 Å². The highest BCUT2D eigenvalue weighted by atomic mass is 19.1. The summed E-state index contributed by atoms with van der Waals surface area (Å²) in [6.07, 6.45) is 2.41. The zero-order chi connectivity index (χ0) is 17.5. The summed E-state index contributed by atoms with van der Waals surface area (Å²) in [5, 5.41) is 6.68. The Balaban J connectivity index is 1.96. The van der Waals surface area contributed by atoms with Crippen molar-refractivity contribution in [1.29, 1.82) is 0 Å². The van der Waals surface area contributed by atoms with Crippen molar-refractivity contribution in [2.24, 2.45) is 10.9 Å². The Hall–Kier alpha value is -1.62. The lowest BCUT2D eigenvalue weighted by atomic mass is 9.97. The average Bonchev–Trinajstić information content (AvgIpc) is 2.56. The molecule has 1 saturated heterocycles. The van der Waals surface area contributed by atoms with E-state index in [0.29, 0.717) is 11.5 Å². The van der Waals surface area contributed by atoms with E-state index in [2.05, 4.69) is 29.5 Å². The molecule has 1 aliphatic rings. The van der Waals surface area contributed by atoms with Gasteiger partial charge in [-0.1, -0.05) is 12.1 Å². The van der Waals surface area contributed by atoms with Crippen LogP contribution in [0.25, 0.3) is 0 Å². The molecule has 0 aliphatic carbocycles. The second-order valence-electron chi connectivity index (χ2n) is 6.84. The number of benzene rings is 1. The van der Waals surface area contributed by atoms with Crippen molar-refractivity contribution < 1.29 is 4.39 Å². The Morgan fingerprint density at radius 1 is 1.38 bits per heavy atom. The van der Waals surface area contributed by atoms with Gasteiger partial charge in [0, 0.05) is 13.1 Å². The highest BCUT2D eigenvalue weighted by molar-refractivity contribution is 5.80. The fourth-order valence-corrected chi connectivity index (χ4v) is 2.95. The monoisotopic (exact) mass is 334 g/mol. The van der Waals surface area contributed by atoms with Gasteiger partial charge in [0.2, 0.25) is 0 Å². The van der Waals surface area contributed by atoms with E-state index in [1.54, 1.807) is 13.0 Å². The SMILES string of the molecule is CCNC(=NCC1CCN(C)CC1)NC(C)c1ccc(C)c(F)c1. The van der Waals surface area contributed by atoms with Gasteiger partial charge in [0.05, 0.1) is 6.04 Å². The van der Waals surface area contributed by atoms with Crippen LogP contribution in [0.4, 0.5) is 4.39 Å². The number of halogens is 1. The molecule has 1 aromatic rings. The number of hydrogen-bond acceptors (Lipinski definition) is 2. The lowest BCUT2D eigenvalue weighted by Gasteiger charge is -2.28. The number of guanidine groups is 1. The van der Waals surface area contributed by atoms with Crippen LogP contribution < -0.4 is 10.6 Å². The van der Waals surface area contributed by atoms with Crippen LogP contribution in [0, 0.1) is 18.7 Å². The molecule has 2 N–H and O–H groups in total. The molecule has 0 radical (unpaired) electrons. The molecule has 0 aromatic heterocycles. The molecule has 1 heterocycles. The third kappa shape index (κ3) is 5.48. The summed E-state index contributed by atoms with van der Waals surface area (Å²) in [7, 11) is 2.17. The van der Waals surface area contributed by atoms with Gasteiger partial charge >= 0.3 is 0 Å². The minimum atomic E-state index is -0.158. The fraction of sp³-hybridized carbons (Fsp3) is 0.632. The zero-order valence-electron chi connectivity index (χ0n) is 15.4. The van der Waals surface area contributed by atoms with Gasteiger partial charge in [-0.05, 0) is 76.9 Å². The first-order chi connectivity index (χ1) is 11.5. The maximum Gasteiger partial charge on any atom is 0.191 e. The number of nitrogens with zero attached hydrogens (tertiary/aromatic N) is 2. The third-order valence-corrected chi connectivity index (χ3v) is 4.74. The van der Waals surface area contributed by atoms with Gasteiger partial charge in [-0.2, -0.15) is 0 Å². The van der Waals surface area contributed by atoms with Crippen molar-refractivity contribution in [3.8, 4) is 0 Å². The summed E-state index contributed by atoms with van der Waals surface area (Å²) >= 11 is 0. The molecule has 5 heteroatoms. The van der Waals surface area contributed by atoms with Crippen LogP contribution in [0.1, 0.15) is 43.9 Å². The van der Waals surface area contributed by atoms with E-state index in [9.17, 15) is 4.39 Å². The van der Waals surface area contributed by atoms with Crippen molar-refractivity contribution in [3.05, 3.63) is 35.1 Å². The molecule has 0 amide bonds. The Morgan fingerprint density at radius 3 is 2.71 bits per heavy atom. The molecule has 4 nitrogen and oxygen atoms in total. The van der Waals surface area contributed by atoms with E-state index in [1.165, 1.54) is 12.8 Å². The van der Waals surface area contributed by atoms with Crippen LogP contribution >= 0.6 is 0 Å². The molecule has 1 fully saturated rings. The number of piperidine rings is 1. The van der Waals surface area contributed by atoms with Crippen LogP contribution in [0.2, 0.25) is 0 Å². The first kappa shape index (κ1) is 18.7. The molecular weight excluding hydrogens is 303 g/mol. The Kier molecular flexibility index (Phi) is 7.03. The van der Waals surface area contributed by atoms with E-state index in [4.69, 9.17) is 4.99 Å².